The van der Waals surface area contributed by atoms with Crippen LogP contribution in [0, 0.1) is 0 Å². The highest BCUT2D eigenvalue weighted by Gasteiger charge is 2.08. The molecular weight excluding hydrogens is 282 g/mol. The molecule has 2 aromatic rings. The standard InChI is InChI=1S/C16H24N2P2/c1-19(2,3)17-14-11-7-9-13-10-8-12-15(16(13)14)18-20(4,5)6/h7-12H,1-6H3. The Kier molecular flexibility index (Phi) is 4.28. The molecule has 0 heterocycles. The first-order valence-electron chi connectivity index (χ1n) is 6.77. The summed E-state index contributed by atoms with van der Waals surface area (Å²) in [6.45, 7) is 13.4. The van der Waals surface area contributed by atoms with Gasteiger partial charge in [0.25, 0.3) is 0 Å². The normalized spacial score (nSPS) is 12.5. The highest BCUT2D eigenvalue weighted by Crippen LogP contribution is 2.47. The second kappa shape index (κ2) is 5.51. The summed E-state index contributed by atoms with van der Waals surface area (Å²) >= 11 is 0. The van der Waals surface area contributed by atoms with Crippen LogP contribution in [0.1, 0.15) is 0 Å². The maximum atomic E-state index is 4.97. The van der Waals surface area contributed by atoms with Gasteiger partial charge in [-0.25, -0.2) is 0 Å². The van der Waals surface area contributed by atoms with Crippen LogP contribution in [0.3, 0.4) is 0 Å². The van der Waals surface area contributed by atoms with Crippen molar-refractivity contribution in [2.75, 3.05) is 40.0 Å². The minimum Gasteiger partial charge on any atom is -0.268 e. The highest BCUT2D eigenvalue weighted by atomic mass is 31.2. The van der Waals surface area contributed by atoms with E-state index in [4.69, 9.17) is 9.49 Å². The van der Waals surface area contributed by atoms with Crippen molar-refractivity contribution >= 4 is 36.3 Å². The Bertz CT molecular complexity index is 671. The molecule has 0 aliphatic heterocycles. The molecule has 4 heteroatoms. The van der Waals surface area contributed by atoms with E-state index in [2.05, 4.69) is 76.4 Å². The molecule has 0 aliphatic carbocycles. The van der Waals surface area contributed by atoms with Crippen molar-refractivity contribution in [1.82, 2.24) is 0 Å². The van der Waals surface area contributed by atoms with Crippen molar-refractivity contribution in [2.45, 2.75) is 0 Å². The third-order valence-corrected chi connectivity index (χ3v) is 4.31. The van der Waals surface area contributed by atoms with Gasteiger partial charge in [0.2, 0.25) is 0 Å². The summed E-state index contributed by atoms with van der Waals surface area (Å²) in [7, 11) is -2.44. The Morgan fingerprint density at radius 3 is 1.40 bits per heavy atom. The second-order valence-corrected chi connectivity index (χ2v) is 14.9. The Morgan fingerprint density at radius 1 is 0.650 bits per heavy atom. The molecule has 0 saturated heterocycles. The number of fused-ring (bicyclic) bond motifs is 1. The van der Waals surface area contributed by atoms with Crippen molar-refractivity contribution in [3.8, 4) is 0 Å². The van der Waals surface area contributed by atoms with Crippen LogP contribution in [-0.2, 0) is 0 Å². The quantitative estimate of drug-likeness (QED) is 0.583. The summed E-state index contributed by atoms with van der Waals surface area (Å²) in [5.74, 6) is 0. The molecule has 108 valence electrons. The van der Waals surface area contributed by atoms with Gasteiger partial charge in [0.15, 0.2) is 0 Å². The highest BCUT2D eigenvalue weighted by molar-refractivity contribution is 7.64. The van der Waals surface area contributed by atoms with E-state index in [1.54, 1.807) is 0 Å². The number of nitrogens with zero attached hydrogens (tertiary/aromatic N) is 2. The van der Waals surface area contributed by atoms with Crippen molar-refractivity contribution in [1.29, 1.82) is 0 Å². The minimum absolute atomic E-state index is 1.09. The zero-order valence-corrected chi connectivity index (χ0v) is 15.0. The molecule has 0 radical (unpaired) electrons. The lowest BCUT2D eigenvalue weighted by Gasteiger charge is -2.12. The number of benzene rings is 2. The van der Waals surface area contributed by atoms with Gasteiger partial charge < -0.3 is 0 Å². The number of rotatable bonds is 2. The first kappa shape index (κ1) is 15.5. The molecule has 2 rings (SSSR count). The number of hydrogen-bond donors (Lipinski definition) is 0. The monoisotopic (exact) mass is 306 g/mol. The Morgan fingerprint density at radius 2 is 1.05 bits per heavy atom. The topological polar surface area (TPSA) is 24.7 Å². The molecule has 0 spiro atoms. The van der Waals surface area contributed by atoms with Crippen molar-refractivity contribution < 1.29 is 0 Å². The minimum atomic E-state index is -1.22. The van der Waals surface area contributed by atoms with Crippen LogP contribution in [0.4, 0.5) is 11.4 Å². The van der Waals surface area contributed by atoms with E-state index in [-0.39, 0.29) is 0 Å². The summed E-state index contributed by atoms with van der Waals surface area (Å²) in [5.41, 5.74) is 2.19. The lowest BCUT2D eigenvalue weighted by molar-refractivity contribution is 1.54. The van der Waals surface area contributed by atoms with Crippen LogP contribution in [0.15, 0.2) is 45.9 Å². The molecule has 0 bridgehead atoms. The molecule has 0 N–H and O–H groups in total. The molecule has 0 aliphatic rings. The number of hydrogen-bond acceptors (Lipinski definition) is 2. The van der Waals surface area contributed by atoms with E-state index in [1.165, 1.54) is 10.8 Å². The maximum absolute atomic E-state index is 4.97. The van der Waals surface area contributed by atoms with Gasteiger partial charge in [-0.1, -0.05) is 24.3 Å². The van der Waals surface area contributed by atoms with Crippen LogP contribution >= 0.6 is 14.1 Å². The van der Waals surface area contributed by atoms with E-state index in [0.717, 1.165) is 11.4 Å². The lowest BCUT2D eigenvalue weighted by atomic mass is 10.1. The Balaban J connectivity index is 2.85. The molecule has 0 fully saturated rings. The predicted molar refractivity (Wildman–Crippen MR) is 97.5 cm³/mol. The average Bonchev–Trinajstić information content (AvgIpc) is 2.25. The van der Waals surface area contributed by atoms with Crippen LogP contribution in [0.2, 0.25) is 0 Å². The maximum Gasteiger partial charge on any atom is 0.0713 e. The summed E-state index contributed by atoms with van der Waals surface area (Å²) in [6, 6.07) is 12.7. The molecule has 0 saturated carbocycles. The molecule has 2 nitrogen and oxygen atoms in total. The third kappa shape index (κ3) is 4.08. The van der Waals surface area contributed by atoms with Gasteiger partial charge in [-0.2, -0.15) is 0 Å². The molecule has 0 amide bonds. The molecule has 0 atom stereocenters. The fraction of sp³-hybridized carbons (Fsp3) is 0.375. The first-order valence-corrected chi connectivity index (χ1v) is 12.9. The van der Waals surface area contributed by atoms with Crippen molar-refractivity contribution in [2.24, 2.45) is 9.49 Å². The van der Waals surface area contributed by atoms with Gasteiger partial charge in [-0.15, -0.1) is 0 Å². The van der Waals surface area contributed by atoms with Gasteiger partial charge in [-0.05, 0) is 71.6 Å². The fourth-order valence-electron chi connectivity index (χ4n) is 2.11. The zero-order chi connectivity index (χ0) is 15.0. The second-order valence-electron chi connectivity index (χ2n) is 6.74. The summed E-state index contributed by atoms with van der Waals surface area (Å²) < 4.78 is 9.95. The average molecular weight is 306 g/mol. The van der Waals surface area contributed by atoms with Gasteiger partial charge in [0.05, 0.1) is 11.4 Å². The Hall–Kier alpha value is -0.840. The predicted octanol–water partition coefficient (Wildman–Crippen LogP) is 6.28. The SMILES string of the molecule is CP(C)(C)=Nc1cccc2cccc(N=P(C)(C)C)c12. The van der Waals surface area contributed by atoms with Crippen LogP contribution < -0.4 is 0 Å². The zero-order valence-electron chi connectivity index (χ0n) is 13.3. The Labute approximate surface area is 122 Å². The summed E-state index contributed by atoms with van der Waals surface area (Å²) in [4.78, 5) is 0. The molecule has 20 heavy (non-hydrogen) atoms. The van der Waals surface area contributed by atoms with Gasteiger partial charge in [-0.3, -0.25) is 9.49 Å². The molecule has 0 aromatic heterocycles. The van der Waals surface area contributed by atoms with Crippen LogP contribution in [0.25, 0.3) is 10.8 Å². The molecular formula is C16H24N2P2. The van der Waals surface area contributed by atoms with E-state index in [9.17, 15) is 0 Å². The van der Waals surface area contributed by atoms with Crippen LogP contribution in [0.5, 0.6) is 0 Å². The van der Waals surface area contributed by atoms with Gasteiger partial charge in [0.1, 0.15) is 0 Å². The van der Waals surface area contributed by atoms with Crippen molar-refractivity contribution in [3.63, 3.8) is 0 Å². The van der Waals surface area contributed by atoms with E-state index in [1.807, 2.05) is 0 Å². The smallest absolute Gasteiger partial charge is 0.0713 e. The van der Waals surface area contributed by atoms with E-state index < -0.39 is 14.1 Å². The molecule has 0 unspecified atom stereocenters. The fourth-order valence-corrected chi connectivity index (χ4v) is 3.74. The molecule has 2 aromatic carbocycles. The summed E-state index contributed by atoms with van der Waals surface area (Å²) in [6.07, 6.45) is 0. The lowest BCUT2D eigenvalue weighted by Crippen LogP contribution is -1.78. The first-order chi connectivity index (χ1) is 9.16. The summed E-state index contributed by atoms with van der Waals surface area (Å²) in [5, 5.41) is 2.44. The van der Waals surface area contributed by atoms with E-state index in [0.29, 0.717) is 0 Å². The van der Waals surface area contributed by atoms with Crippen LogP contribution in [-0.4, -0.2) is 40.0 Å². The van der Waals surface area contributed by atoms with E-state index >= 15 is 0 Å². The van der Waals surface area contributed by atoms with Gasteiger partial charge >= 0.3 is 0 Å². The third-order valence-electron chi connectivity index (χ3n) is 2.68. The van der Waals surface area contributed by atoms with Gasteiger partial charge in [0, 0.05) is 5.39 Å². The largest absolute Gasteiger partial charge is 0.268 e. The van der Waals surface area contributed by atoms with Crippen molar-refractivity contribution in [3.05, 3.63) is 36.4 Å².